The summed E-state index contributed by atoms with van der Waals surface area (Å²) in [4.78, 5) is 14.8. The van der Waals surface area contributed by atoms with Crippen molar-refractivity contribution >= 4 is 44.7 Å². The third kappa shape index (κ3) is 4.37. The Bertz CT molecular complexity index is 672. The second kappa shape index (κ2) is 6.27. The Balaban J connectivity index is 2.36. The first-order valence-electron chi connectivity index (χ1n) is 5.83. The number of thioether (sulfide) groups is 1. The number of alkyl halides is 3. The summed E-state index contributed by atoms with van der Waals surface area (Å²) in [5, 5.41) is 8.97. The Morgan fingerprint density at radius 3 is 2.76 bits per heavy atom. The molecule has 1 aromatic carbocycles. The molecule has 2 rings (SSSR count). The largest absolute Gasteiger partial charge is 0.481 e. The minimum Gasteiger partial charge on any atom is -0.481 e. The molecule has 0 spiro atoms. The number of hydrogen-bond donors (Lipinski definition) is 1. The van der Waals surface area contributed by atoms with Crippen molar-refractivity contribution in [2.75, 3.05) is 5.75 Å². The smallest absolute Gasteiger partial charge is 0.390 e. The zero-order valence-corrected chi connectivity index (χ0v) is 12.9. The SMILES string of the molecule is O=C(O)CSc1nc2cc(Br)ccc2n1CCC(F)(F)F. The summed E-state index contributed by atoms with van der Waals surface area (Å²) in [5.41, 5.74) is 1.08. The molecule has 0 fully saturated rings. The van der Waals surface area contributed by atoms with E-state index >= 15 is 0 Å². The molecular weight excluding hydrogens is 373 g/mol. The number of nitrogens with zero attached hydrogens (tertiary/aromatic N) is 2. The molecule has 0 amide bonds. The van der Waals surface area contributed by atoms with Gasteiger partial charge in [-0.15, -0.1) is 0 Å². The van der Waals surface area contributed by atoms with E-state index in [-0.39, 0.29) is 17.5 Å². The monoisotopic (exact) mass is 382 g/mol. The van der Waals surface area contributed by atoms with Crippen molar-refractivity contribution in [3.63, 3.8) is 0 Å². The number of aliphatic carboxylic acids is 1. The highest BCUT2D eigenvalue weighted by Crippen LogP contribution is 2.29. The van der Waals surface area contributed by atoms with Crippen LogP contribution in [0.4, 0.5) is 13.2 Å². The summed E-state index contributed by atoms with van der Waals surface area (Å²) >= 11 is 4.18. The third-order valence-corrected chi connectivity index (χ3v) is 4.07. The zero-order valence-electron chi connectivity index (χ0n) is 10.5. The molecule has 0 unspecified atom stereocenters. The number of carbonyl (C=O) groups is 1. The molecule has 1 heterocycles. The normalized spacial score (nSPS) is 12.0. The number of imidazole rings is 1. The predicted octanol–water partition coefficient (Wildman–Crippen LogP) is 3.93. The average Bonchev–Trinajstić information content (AvgIpc) is 2.69. The Kier molecular flexibility index (Phi) is 4.82. The molecule has 0 saturated carbocycles. The lowest BCUT2D eigenvalue weighted by Crippen LogP contribution is -2.13. The van der Waals surface area contributed by atoms with Crippen LogP contribution in [0.3, 0.4) is 0 Å². The van der Waals surface area contributed by atoms with Crippen LogP contribution in [0.25, 0.3) is 11.0 Å². The Morgan fingerprint density at radius 2 is 2.14 bits per heavy atom. The predicted molar refractivity (Wildman–Crippen MR) is 76.5 cm³/mol. The average molecular weight is 383 g/mol. The van der Waals surface area contributed by atoms with Crippen molar-refractivity contribution < 1.29 is 23.1 Å². The van der Waals surface area contributed by atoms with E-state index in [9.17, 15) is 18.0 Å². The van der Waals surface area contributed by atoms with Gasteiger partial charge in [-0.2, -0.15) is 13.2 Å². The van der Waals surface area contributed by atoms with Gasteiger partial charge in [0.15, 0.2) is 5.16 Å². The van der Waals surface area contributed by atoms with Crippen molar-refractivity contribution in [2.24, 2.45) is 0 Å². The van der Waals surface area contributed by atoms with Gasteiger partial charge in [0.05, 0.1) is 23.2 Å². The maximum atomic E-state index is 12.4. The lowest BCUT2D eigenvalue weighted by atomic mass is 10.3. The summed E-state index contributed by atoms with van der Waals surface area (Å²) in [5.74, 6) is -1.30. The Morgan fingerprint density at radius 1 is 1.43 bits per heavy atom. The lowest BCUT2D eigenvalue weighted by Gasteiger charge is -2.10. The number of fused-ring (bicyclic) bond motifs is 1. The van der Waals surface area contributed by atoms with E-state index in [4.69, 9.17) is 5.11 Å². The minimum atomic E-state index is -4.28. The van der Waals surface area contributed by atoms with Gasteiger partial charge in [0.2, 0.25) is 0 Å². The van der Waals surface area contributed by atoms with Crippen LogP contribution in [-0.4, -0.2) is 32.6 Å². The number of hydrogen-bond acceptors (Lipinski definition) is 3. The third-order valence-electron chi connectivity index (χ3n) is 2.62. The van der Waals surface area contributed by atoms with Gasteiger partial charge in [0, 0.05) is 11.0 Å². The molecule has 2 aromatic rings. The van der Waals surface area contributed by atoms with Gasteiger partial charge in [-0.3, -0.25) is 4.79 Å². The summed E-state index contributed by atoms with van der Waals surface area (Å²) in [6, 6.07) is 5.05. The number of carboxylic acid groups (broad SMARTS) is 1. The van der Waals surface area contributed by atoms with Gasteiger partial charge in [-0.25, -0.2) is 4.98 Å². The van der Waals surface area contributed by atoms with Crippen molar-refractivity contribution in [2.45, 2.75) is 24.3 Å². The van der Waals surface area contributed by atoms with E-state index in [0.29, 0.717) is 11.0 Å². The topological polar surface area (TPSA) is 55.1 Å². The minimum absolute atomic E-state index is 0.253. The van der Waals surface area contributed by atoms with E-state index in [1.165, 1.54) is 4.57 Å². The fraction of sp³-hybridized carbons (Fsp3) is 0.333. The molecule has 21 heavy (non-hydrogen) atoms. The zero-order chi connectivity index (χ0) is 15.6. The first kappa shape index (κ1) is 16.2. The van der Waals surface area contributed by atoms with Crippen LogP contribution in [0.1, 0.15) is 6.42 Å². The molecule has 0 atom stereocenters. The molecule has 4 nitrogen and oxygen atoms in total. The fourth-order valence-electron chi connectivity index (χ4n) is 1.77. The van der Waals surface area contributed by atoms with E-state index in [2.05, 4.69) is 20.9 Å². The van der Waals surface area contributed by atoms with Gasteiger partial charge in [-0.1, -0.05) is 27.7 Å². The van der Waals surface area contributed by atoms with Gasteiger partial charge < -0.3 is 9.67 Å². The Hall–Kier alpha value is -1.22. The first-order valence-corrected chi connectivity index (χ1v) is 7.61. The fourth-order valence-corrected chi connectivity index (χ4v) is 2.88. The highest BCUT2D eigenvalue weighted by Gasteiger charge is 2.27. The van der Waals surface area contributed by atoms with E-state index < -0.39 is 18.6 Å². The van der Waals surface area contributed by atoms with Crippen molar-refractivity contribution in [3.05, 3.63) is 22.7 Å². The quantitative estimate of drug-likeness (QED) is 0.796. The van der Waals surface area contributed by atoms with Crippen molar-refractivity contribution in [1.82, 2.24) is 9.55 Å². The van der Waals surface area contributed by atoms with Crippen LogP contribution in [0.5, 0.6) is 0 Å². The summed E-state index contributed by atoms with van der Waals surface area (Å²) in [6.07, 6.45) is -5.27. The van der Waals surface area contributed by atoms with Crippen LogP contribution in [0, 0.1) is 0 Å². The second-order valence-electron chi connectivity index (χ2n) is 4.23. The van der Waals surface area contributed by atoms with Crippen LogP contribution in [0.15, 0.2) is 27.8 Å². The molecule has 0 saturated heterocycles. The van der Waals surface area contributed by atoms with Gasteiger partial charge in [-0.05, 0) is 18.2 Å². The highest BCUT2D eigenvalue weighted by molar-refractivity contribution is 9.10. The standard InChI is InChI=1S/C12H10BrF3N2O2S/c13-7-1-2-9-8(5-7)17-11(21-6-10(19)20)18(9)4-3-12(14,15)16/h1-2,5H,3-4,6H2,(H,19,20). The summed E-state index contributed by atoms with van der Waals surface area (Å²) in [7, 11) is 0. The number of rotatable bonds is 5. The van der Waals surface area contributed by atoms with Crippen LogP contribution < -0.4 is 0 Å². The molecule has 0 aliphatic heterocycles. The number of aromatic nitrogens is 2. The van der Waals surface area contributed by atoms with Gasteiger partial charge >= 0.3 is 12.1 Å². The molecular formula is C12H10BrF3N2O2S. The van der Waals surface area contributed by atoms with E-state index in [0.717, 1.165) is 16.2 Å². The van der Waals surface area contributed by atoms with Gasteiger partial charge in [0.25, 0.3) is 0 Å². The molecule has 0 aliphatic carbocycles. The van der Waals surface area contributed by atoms with Crippen molar-refractivity contribution in [3.8, 4) is 0 Å². The maximum absolute atomic E-state index is 12.4. The lowest BCUT2D eigenvalue weighted by molar-refractivity contribution is -0.137. The molecule has 0 bridgehead atoms. The Labute approximate surface area is 130 Å². The molecule has 1 N–H and O–H groups in total. The molecule has 9 heteroatoms. The van der Waals surface area contributed by atoms with Crippen LogP contribution in [0.2, 0.25) is 0 Å². The van der Waals surface area contributed by atoms with Crippen LogP contribution >= 0.6 is 27.7 Å². The molecule has 0 radical (unpaired) electrons. The van der Waals surface area contributed by atoms with E-state index in [1.807, 2.05) is 0 Å². The maximum Gasteiger partial charge on any atom is 0.390 e. The first-order chi connectivity index (χ1) is 9.76. The highest BCUT2D eigenvalue weighted by atomic mass is 79.9. The number of aryl methyl sites for hydroxylation is 1. The van der Waals surface area contributed by atoms with Crippen molar-refractivity contribution in [1.29, 1.82) is 0 Å². The molecule has 114 valence electrons. The molecule has 1 aromatic heterocycles. The van der Waals surface area contributed by atoms with E-state index in [1.54, 1.807) is 18.2 Å². The summed E-state index contributed by atoms with van der Waals surface area (Å²) < 4.78 is 39.4. The number of halogens is 4. The summed E-state index contributed by atoms with van der Waals surface area (Å²) in [6.45, 7) is -0.288. The van der Waals surface area contributed by atoms with Crippen LogP contribution in [-0.2, 0) is 11.3 Å². The second-order valence-corrected chi connectivity index (χ2v) is 6.08. The number of carboxylic acids is 1. The van der Waals surface area contributed by atoms with Gasteiger partial charge in [0.1, 0.15) is 0 Å². The number of benzene rings is 1. The molecule has 0 aliphatic rings.